The molecule has 2 aromatic rings. The monoisotopic (exact) mass is 464 g/mol. The summed E-state index contributed by atoms with van der Waals surface area (Å²) in [6.45, 7) is 0.816. The van der Waals surface area contributed by atoms with Gasteiger partial charge in [-0.2, -0.15) is 0 Å². The highest BCUT2D eigenvalue weighted by molar-refractivity contribution is 5.90. The van der Waals surface area contributed by atoms with Crippen molar-refractivity contribution in [3.8, 4) is 11.1 Å². The fourth-order valence-corrected chi connectivity index (χ4v) is 5.23. The summed E-state index contributed by atoms with van der Waals surface area (Å²) in [5.41, 5.74) is 3.42. The van der Waals surface area contributed by atoms with Crippen molar-refractivity contribution in [2.75, 3.05) is 19.8 Å². The third kappa shape index (κ3) is 4.03. The minimum atomic E-state index is -1.19. The summed E-state index contributed by atoms with van der Waals surface area (Å²) < 4.78 is 11.1. The van der Waals surface area contributed by atoms with Gasteiger partial charge in [0, 0.05) is 25.0 Å². The molecule has 5 rings (SSSR count). The highest BCUT2D eigenvalue weighted by Gasteiger charge is 2.48. The van der Waals surface area contributed by atoms with Gasteiger partial charge in [0.1, 0.15) is 18.2 Å². The second-order valence-electron chi connectivity index (χ2n) is 9.28. The van der Waals surface area contributed by atoms with Crippen molar-refractivity contribution < 1.29 is 29.0 Å². The normalized spacial score (nSPS) is 22.2. The highest BCUT2D eigenvalue weighted by Crippen LogP contribution is 2.44. The van der Waals surface area contributed by atoms with Gasteiger partial charge in [-0.3, -0.25) is 4.79 Å². The Labute approximate surface area is 197 Å². The van der Waals surface area contributed by atoms with Crippen LogP contribution in [0.15, 0.2) is 48.5 Å². The van der Waals surface area contributed by atoms with Gasteiger partial charge in [-0.15, -0.1) is 0 Å². The van der Waals surface area contributed by atoms with E-state index in [1.165, 1.54) is 0 Å². The summed E-state index contributed by atoms with van der Waals surface area (Å²) in [5.74, 6) is -1.72. The molecule has 2 atom stereocenters. The number of amides is 2. The molecule has 2 fully saturated rings. The molecule has 0 bridgehead atoms. The number of hydrogen-bond donors (Lipinski definition) is 3. The zero-order chi connectivity index (χ0) is 23.7. The average molecular weight is 465 g/mol. The quantitative estimate of drug-likeness (QED) is 0.580. The molecule has 1 saturated heterocycles. The fraction of sp³-hybridized carbons (Fsp3) is 0.423. The molecule has 3 N–H and O–H groups in total. The lowest BCUT2D eigenvalue weighted by Gasteiger charge is -2.39. The summed E-state index contributed by atoms with van der Waals surface area (Å²) in [6, 6.07) is 16.3. The van der Waals surface area contributed by atoms with Crippen molar-refractivity contribution in [1.82, 2.24) is 10.6 Å². The van der Waals surface area contributed by atoms with Crippen LogP contribution in [0.3, 0.4) is 0 Å². The lowest BCUT2D eigenvalue weighted by Crippen LogP contribution is -2.61. The summed E-state index contributed by atoms with van der Waals surface area (Å²) >= 11 is 0. The molecule has 1 saturated carbocycles. The Bertz CT molecular complexity index is 1070. The number of fused-ring (bicyclic) bond motifs is 3. The van der Waals surface area contributed by atoms with E-state index >= 15 is 0 Å². The minimum absolute atomic E-state index is 0.0267. The molecule has 178 valence electrons. The van der Waals surface area contributed by atoms with Crippen LogP contribution in [0, 0.1) is 5.92 Å². The van der Waals surface area contributed by atoms with E-state index in [9.17, 15) is 19.5 Å². The molecule has 0 spiro atoms. The van der Waals surface area contributed by atoms with Gasteiger partial charge < -0.3 is 25.2 Å². The lowest BCUT2D eigenvalue weighted by atomic mass is 9.76. The molecular weight excluding hydrogens is 436 g/mol. The Morgan fingerprint density at radius 1 is 1.03 bits per heavy atom. The second-order valence-corrected chi connectivity index (χ2v) is 9.28. The van der Waals surface area contributed by atoms with Gasteiger partial charge in [0.25, 0.3) is 0 Å². The maximum Gasteiger partial charge on any atom is 0.407 e. The predicted octanol–water partition coefficient (Wildman–Crippen LogP) is 3.05. The number of rotatable bonds is 7. The summed E-state index contributed by atoms with van der Waals surface area (Å²) in [5, 5.41) is 14.9. The Kier molecular flexibility index (Phi) is 6.00. The van der Waals surface area contributed by atoms with Crippen molar-refractivity contribution >= 4 is 18.0 Å². The van der Waals surface area contributed by atoms with Crippen molar-refractivity contribution in [3.63, 3.8) is 0 Å². The fourth-order valence-electron chi connectivity index (χ4n) is 5.23. The number of alkyl carbamates (subject to hydrolysis) is 1. The number of carboxylic acids is 1. The van der Waals surface area contributed by atoms with Gasteiger partial charge in [0.15, 0.2) is 0 Å². The van der Waals surface area contributed by atoms with E-state index in [0.717, 1.165) is 28.7 Å². The first-order valence-corrected chi connectivity index (χ1v) is 11.7. The zero-order valence-electron chi connectivity index (χ0n) is 18.8. The number of ether oxygens (including phenoxy) is 2. The van der Waals surface area contributed by atoms with Crippen LogP contribution in [-0.4, -0.2) is 54.5 Å². The van der Waals surface area contributed by atoms with Crippen LogP contribution in [-0.2, 0) is 19.1 Å². The molecule has 8 heteroatoms. The number of carbonyl (C=O) groups is 3. The molecule has 2 amide bonds. The molecule has 2 aliphatic carbocycles. The van der Waals surface area contributed by atoms with Crippen molar-refractivity contribution in [1.29, 1.82) is 0 Å². The Balaban J connectivity index is 1.15. The van der Waals surface area contributed by atoms with E-state index < -0.39 is 29.6 Å². The molecule has 0 radical (unpaired) electrons. The first kappa shape index (κ1) is 22.4. The standard InChI is InChI=1S/C26H28N2O6/c29-23(28-26(24(30)31)11-5-12-26)22-16(10-13-33-22)14-27-25(32)34-15-21-19-8-3-1-6-17(19)18-7-2-4-9-20(18)21/h1-4,6-9,16,21-22H,5,10-15H2,(H,27,32)(H,28,29)(H,30,31)/t16-,22-/m0/s1. The average Bonchev–Trinajstić information content (AvgIpc) is 3.41. The van der Waals surface area contributed by atoms with Crippen molar-refractivity contribution in [2.45, 2.75) is 43.2 Å². The van der Waals surface area contributed by atoms with Gasteiger partial charge >= 0.3 is 12.1 Å². The summed E-state index contributed by atoms with van der Waals surface area (Å²) in [4.78, 5) is 36.7. The van der Waals surface area contributed by atoms with E-state index in [0.29, 0.717) is 25.9 Å². The maximum absolute atomic E-state index is 12.7. The SMILES string of the molecule is O=C(NC[C@@H]1CCO[C@@H]1C(=O)NC1(C(=O)O)CCC1)OCC1c2ccccc2-c2ccccc21. The number of nitrogens with one attached hydrogen (secondary N) is 2. The molecule has 8 nitrogen and oxygen atoms in total. The van der Waals surface area contributed by atoms with Gasteiger partial charge in [0.2, 0.25) is 5.91 Å². The van der Waals surface area contributed by atoms with Gasteiger partial charge in [0.05, 0.1) is 0 Å². The smallest absolute Gasteiger partial charge is 0.407 e. The minimum Gasteiger partial charge on any atom is -0.480 e. The Hall–Kier alpha value is -3.39. The predicted molar refractivity (Wildman–Crippen MR) is 123 cm³/mol. The van der Waals surface area contributed by atoms with E-state index in [4.69, 9.17) is 9.47 Å². The summed E-state index contributed by atoms with van der Waals surface area (Å²) in [6.07, 6.45) is 0.874. The van der Waals surface area contributed by atoms with Crippen molar-refractivity contribution in [3.05, 3.63) is 59.7 Å². The summed E-state index contributed by atoms with van der Waals surface area (Å²) in [7, 11) is 0. The Morgan fingerprint density at radius 2 is 1.68 bits per heavy atom. The van der Waals surface area contributed by atoms with Crippen LogP contribution in [0.25, 0.3) is 11.1 Å². The van der Waals surface area contributed by atoms with Crippen LogP contribution in [0.5, 0.6) is 0 Å². The highest BCUT2D eigenvalue weighted by atomic mass is 16.5. The number of hydrogen-bond acceptors (Lipinski definition) is 5. The first-order chi connectivity index (χ1) is 16.5. The largest absolute Gasteiger partial charge is 0.480 e. The van der Waals surface area contributed by atoms with E-state index in [-0.39, 0.29) is 25.0 Å². The molecule has 0 unspecified atom stereocenters. The molecule has 0 aromatic heterocycles. The molecular formula is C26H28N2O6. The van der Waals surface area contributed by atoms with E-state index in [1.54, 1.807) is 0 Å². The van der Waals surface area contributed by atoms with Gasteiger partial charge in [-0.05, 0) is 47.9 Å². The number of benzene rings is 2. The number of carboxylic acid groups (broad SMARTS) is 1. The molecule has 34 heavy (non-hydrogen) atoms. The third-order valence-electron chi connectivity index (χ3n) is 7.30. The maximum atomic E-state index is 12.7. The zero-order valence-corrected chi connectivity index (χ0v) is 18.8. The number of aliphatic carboxylic acids is 1. The third-order valence-corrected chi connectivity index (χ3v) is 7.30. The van der Waals surface area contributed by atoms with Crippen LogP contribution < -0.4 is 10.6 Å². The van der Waals surface area contributed by atoms with Crippen molar-refractivity contribution in [2.24, 2.45) is 5.92 Å². The molecule has 1 aliphatic heterocycles. The number of carbonyl (C=O) groups excluding carboxylic acids is 2. The molecule has 1 heterocycles. The van der Waals surface area contributed by atoms with E-state index in [1.807, 2.05) is 24.3 Å². The van der Waals surface area contributed by atoms with Crippen LogP contribution in [0.4, 0.5) is 4.79 Å². The van der Waals surface area contributed by atoms with Crippen LogP contribution in [0.2, 0.25) is 0 Å². The topological polar surface area (TPSA) is 114 Å². The second kappa shape index (κ2) is 9.10. The lowest BCUT2D eigenvalue weighted by molar-refractivity contribution is -0.154. The van der Waals surface area contributed by atoms with Gasteiger partial charge in [-0.25, -0.2) is 9.59 Å². The van der Waals surface area contributed by atoms with Crippen LogP contribution in [0.1, 0.15) is 42.7 Å². The first-order valence-electron chi connectivity index (χ1n) is 11.7. The van der Waals surface area contributed by atoms with E-state index in [2.05, 4.69) is 34.9 Å². The Morgan fingerprint density at radius 3 is 2.26 bits per heavy atom. The van der Waals surface area contributed by atoms with Gasteiger partial charge in [-0.1, -0.05) is 48.5 Å². The molecule has 3 aliphatic rings. The molecule has 2 aromatic carbocycles. The van der Waals surface area contributed by atoms with Crippen LogP contribution >= 0.6 is 0 Å².